The molecule has 0 fully saturated rings. The number of phenolic OH excluding ortho intramolecular Hbond substituents is 1. The molecule has 6 heteroatoms. The molecule has 5 nitrogen and oxygen atoms in total. The molecule has 0 saturated heterocycles. The Bertz CT molecular complexity index is 913. The maximum atomic E-state index is 10.3. The van der Waals surface area contributed by atoms with E-state index in [0.29, 0.717) is 29.7 Å². The SMILES string of the molecule is CC(C)CC(N)CNc1nc(-c2cccc(Cl)c2O)nc2ccccc12. The summed E-state index contributed by atoms with van der Waals surface area (Å²) < 4.78 is 0. The molecule has 0 aliphatic rings. The molecule has 3 rings (SSSR count). The number of halogens is 1. The molecule has 1 aromatic heterocycles. The van der Waals surface area contributed by atoms with Crippen molar-refractivity contribution in [2.24, 2.45) is 11.7 Å². The molecular formula is C20H23ClN4O. The lowest BCUT2D eigenvalue weighted by molar-refractivity contribution is 0.477. The van der Waals surface area contributed by atoms with Crippen LogP contribution in [0.3, 0.4) is 0 Å². The van der Waals surface area contributed by atoms with Gasteiger partial charge in [0.1, 0.15) is 11.6 Å². The van der Waals surface area contributed by atoms with Gasteiger partial charge in [0.15, 0.2) is 5.82 Å². The van der Waals surface area contributed by atoms with E-state index in [0.717, 1.165) is 17.3 Å². The number of para-hydroxylation sites is 2. The fraction of sp³-hybridized carbons (Fsp3) is 0.300. The second-order valence-electron chi connectivity index (χ2n) is 6.82. The van der Waals surface area contributed by atoms with Crippen LogP contribution in [0.5, 0.6) is 5.75 Å². The molecule has 0 radical (unpaired) electrons. The standard InChI is InChI=1S/C20H23ClN4O/c1-12(2)10-13(22)11-23-19-14-6-3-4-9-17(14)24-20(25-19)15-7-5-8-16(21)18(15)26/h3-9,12-13,26H,10-11,22H2,1-2H3,(H,23,24,25). The summed E-state index contributed by atoms with van der Waals surface area (Å²) in [6.45, 7) is 4.92. The number of nitrogens with one attached hydrogen (secondary N) is 1. The highest BCUT2D eigenvalue weighted by Crippen LogP contribution is 2.34. The molecule has 0 aliphatic carbocycles. The van der Waals surface area contributed by atoms with E-state index in [1.54, 1.807) is 18.2 Å². The Morgan fingerprint density at radius 2 is 1.88 bits per heavy atom. The predicted octanol–water partition coefficient (Wildman–Crippen LogP) is 4.44. The highest BCUT2D eigenvalue weighted by Gasteiger charge is 2.14. The Hall–Kier alpha value is -2.37. The molecule has 1 unspecified atom stereocenters. The summed E-state index contributed by atoms with van der Waals surface area (Å²) in [5.74, 6) is 1.63. The second kappa shape index (κ2) is 7.89. The zero-order valence-electron chi connectivity index (χ0n) is 14.9. The van der Waals surface area contributed by atoms with Crippen molar-refractivity contribution in [1.29, 1.82) is 0 Å². The summed E-state index contributed by atoms with van der Waals surface area (Å²) >= 11 is 6.04. The number of nitrogens with zero attached hydrogens (tertiary/aromatic N) is 2. The van der Waals surface area contributed by atoms with Gasteiger partial charge in [-0.05, 0) is 36.6 Å². The minimum atomic E-state index is -0.0214. The molecule has 1 atom stereocenters. The number of aromatic hydroxyl groups is 1. The largest absolute Gasteiger partial charge is 0.506 e. The number of anilines is 1. The van der Waals surface area contributed by atoms with Crippen LogP contribution in [-0.2, 0) is 0 Å². The number of benzene rings is 2. The van der Waals surface area contributed by atoms with E-state index >= 15 is 0 Å². The van der Waals surface area contributed by atoms with E-state index in [4.69, 9.17) is 17.3 Å². The first-order chi connectivity index (χ1) is 12.5. The summed E-state index contributed by atoms with van der Waals surface area (Å²) in [6, 6.07) is 12.9. The van der Waals surface area contributed by atoms with Gasteiger partial charge in [0.2, 0.25) is 0 Å². The third kappa shape index (κ3) is 4.06. The van der Waals surface area contributed by atoms with Crippen LogP contribution in [0, 0.1) is 5.92 Å². The molecule has 4 N–H and O–H groups in total. The van der Waals surface area contributed by atoms with Crippen molar-refractivity contribution < 1.29 is 5.11 Å². The summed E-state index contributed by atoms with van der Waals surface area (Å²) in [6.07, 6.45) is 0.929. The lowest BCUT2D eigenvalue weighted by Gasteiger charge is -2.17. The molecule has 136 valence electrons. The molecule has 0 amide bonds. The van der Waals surface area contributed by atoms with Gasteiger partial charge < -0.3 is 16.2 Å². The van der Waals surface area contributed by atoms with Crippen LogP contribution in [0.2, 0.25) is 5.02 Å². The summed E-state index contributed by atoms with van der Waals surface area (Å²) in [4.78, 5) is 9.21. The van der Waals surface area contributed by atoms with Crippen LogP contribution < -0.4 is 11.1 Å². The van der Waals surface area contributed by atoms with E-state index < -0.39 is 0 Å². The molecular weight excluding hydrogens is 348 g/mol. The highest BCUT2D eigenvalue weighted by atomic mass is 35.5. The minimum Gasteiger partial charge on any atom is -0.506 e. The first-order valence-corrected chi connectivity index (χ1v) is 9.07. The van der Waals surface area contributed by atoms with Crippen molar-refractivity contribution in [2.45, 2.75) is 26.3 Å². The van der Waals surface area contributed by atoms with Crippen molar-refractivity contribution in [3.8, 4) is 17.1 Å². The Labute approximate surface area is 158 Å². The lowest BCUT2D eigenvalue weighted by atomic mass is 10.0. The van der Waals surface area contributed by atoms with Crippen molar-refractivity contribution in [3.05, 3.63) is 47.5 Å². The van der Waals surface area contributed by atoms with E-state index in [2.05, 4.69) is 29.1 Å². The van der Waals surface area contributed by atoms with E-state index in [1.807, 2.05) is 24.3 Å². The third-order valence-electron chi connectivity index (χ3n) is 4.14. The van der Waals surface area contributed by atoms with E-state index in [-0.39, 0.29) is 16.8 Å². The Morgan fingerprint density at radius 1 is 1.12 bits per heavy atom. The lowest BCUT2D eigenvalue weighted by Crippen LogP contribution is -2.30. The Morgan fingerprint density at radius 3 is 2.65 bits per heavy atom. The van der Waals surface area contributed by atoms with Crippen LogP contribution in [-0.4, -0.2) is 27.7 Å². The van der Waals surface area contributed by atoms with Crippen LogP contribution in [0.1, 0.15) is 20.3 Å². The monoisotopic (exact) mass is 370 g/mol. The third-order valence-corrected chi connectivity index (χ3v) is 4.44. The molecule has 1 heterocycles. The number of hydrogen-bond acceptors (Lipinski definition) is 5. The Kier molecular flexibility index (Phi) is 5.59. The van der Waals surface area contributed by atoms with Crippen LogP contribution in [0.4, 0.5) is 5.82 Å². The predicted molar refractivity (Wildman–Crippen MR) is 108 cm³/mol. The van der Waals surface area contributed by atoms with Crippen molar-refractivity contribution in [2.75, 3.05) is 11.9 Å². The fourth-order valence-electron chi connectivity index (χ4n) is 2.94. The molecule has 2 aromatic carbocycles. The number of aromatic nitrogens is 2. The normalized spacial score (nSPS) is 12.5. The van der Waals surface area contributed by atoms with Gasteiger partial charge in [0, 0.05) is 18.0 Å². The maximum Gasteiger partial charge on any atom is 0.165 e. The number of rotatable bonds is 6. The number of nitrogens with two attached hydrogens (primary N) is 1. The van der Waals surface area contributed by atoms with E-state index in [1.165, 1.54) is 0 Å². The van der Waals surface area contributed by atoms with Gasteiger partial charge in [-0.3, -0.25) is 0 Å². The van der Waals surface area contributed by atoms with Crippen LogP contribution in [0.15, 0.2) is 42.5 Å². The molecule has 0 saturated carbocycles. The zero-order chi connectivity index (χ0) is 18.7. The van der Waals surface area contributed by atoms with Gasteiger partial charge in [-0.2, -0.15) is 0 Å². The van der Waals surface area contributed by atoms with Gasteiger partial charge in [0.25, 0.3) is 0 Å². The van der Waals surface area contributed by atoms with Crippen LogP contribution in [0.25, 0.3) is 22.3 Å². The zero-order valence-corrected chi connectivity index (χ0v) is 15.7. The molecule has 0 spiro atoms. The minimum absolute atomic E-state index is 0.0214. The van der Waals surface area contributed by atoms with Crippen molar-refractivity contribution in [1.82, 2.24) is 9.97 Å². The topological polar surface area (TPSA) is 84.1 Å². The van der Waals surface area contributed by atoms with Gasteiger partial charge in [-0.15, -0.1) is 0 Å². The fourth-order valence-corrected chi connectivity index (χ4v) is 3.12. The summed E-state index contributed by atoms with van der Waals surface area (Å²) in [5.41, 5.74) is 7.48. The average Bonchev–Trinajstić information content (AvgIpc) is 2.61. The molecule has 0 aliphatic heterocycles. The maximum absolute atomic E-state index is 10.3. The van der Waals surface area contributed by atoms with Gasteiger partial charge in [-0.25, -0.2) is 9.97 Å². The second-order valence-corrected chi connectivity index (χ2v) is 7.23. The number of hydrogen-bond donors (Lipinski definition) is 3. The quantitative estimate of drug-likeness (QED) is 0.597. The summed E-state index contributed by atoms with van der Waals surface area (Å²) in [7, 11) is 0. The van der Waals surface area contributed by atoms with Crippen LogP contribution >= 0.6 is 11.6 Å². The summed E-state index contributed by atoms with van der Waals surface area (Å²) in [5, 5.41) is 14.8. The average molecular weight is 371 g/mol. The van der Waals surface area contributed by atoms with Gasteiger partial charge in [-0.1, -0.05) is 43.6 Å². The van der Waals surface area contributed by atoms with Crippen molar-refractivity contribution in [3.63, 3.8) is 0 Å². The molecule has 0 bridgehead atoms. The first kappa shape index (κ1) is 18.4. The smallest absolute Gasteiger partial charge is 0.165 e. The molecule has 26 heavy (non-hydrogen) atoms. The van der Waals surface area contributed by atoms with Gasteiger partial charge >= 0.3 is 0 Å². The molecule has 3 aromatic rings. The number of fused-ring (bicyclic) bond motifs is 1. The van der Waals surface area contributed by atoms with Crippen molar-refractivity contribution >= 4 is 28.3 Å². The van der Waals surface area contributed by atoms with E-state index in [9.17, 15) is 5.11 Å². The first-order valence-electron chi connectivity index (χ1n) is 8.69. The Balaban J connectivity index is 2.00. The number of phenols is 1. The highest BCUT2D eigenvalue weighted by molar-refractivity contribution is 6.32. The van der Waals surface area contributed by atoms with Gasteiger partial charge in [0.05, 0.1) is 16.1 Å².